The SMILES string of the molecule is CCNc1nc(Cl)nc(NC(C)c2nncn2C)n1. The molecule has 0 aliphatic heterocycles. The predicted molar refractivity (Wildman–Crippen MR) is 72.0 cm³/mol. The van der Waals surface area contributed by atoms with Crippen LogP contribution in [-0.2, 0) is 7.05 Å². The highest BCUT2D eigenvalue weighted by molar-refractivity contribution is 6.28. The molecule has 2 rings (SSSR count). The molecule has 0 saturated carbocycles. The van der Waals surface area contributed by atoms with Crippen molar-refractivity contribution in [1.29, 1.82) is 0 Å². The fourth-order valence-corrected chi connectivity index (χ4v) is 1.75. The van der Waals surface area contributed by atoms with Crippen LogP contribution in [0.1, 0.15) is 25.7 Å². The Balaban J connectivity index is 2.16. The monoisotopic (exact) mass is 282 g/mol. The van der Waals surface area contributed by atoms with Crippen molar-refractivity contribution in [2.45, 2.75) is 19.9 Å². The fraction of sp³-hybridized carbons (Fsp3) is 0.500. The predicted octanol–water partition coefficient (Wildman–Crippen LogP) is 1.26. The highest BCUT2D eigenvalue weighted by atomic mass is 35.5. The molecule has 0 radical (unpaired) electrons. The van der Waals surface area contributed by atoms with E-state index in [9.17, 15) is 0 Å². The fourth-order valence-electron chi connectivity index (χ4n) is 1.59. The van der Waals surface area contributed by atoms with Crippen LogP contribution < -0.4 is 10.6 Å². The molecule has 0 aliphatic rings. The van der Waals surface area contributed by atoms with Crippen molar-refractivity contribution in [2.75, 3.05) is 17.2 Å². The summed E-state index contributed by atoms with van der Waals surface area (Å²) in [7, 11) is 1.87. The summed E-state index contributed by atoms with van der Waals surface area (Å²) < 4.78 is 1.83. The van der Waals surface area contributed by atoms with E-state index in [1.165, 1.54) is 0 Å². The second-order valence-corrected chi connectivity index (χ2v) is 4.29. The van der Waals surface area contributed by atoms with Gasteiger partial charge in [0, 0.05) is 13.6 Å². The van der Waals surface area contributed by atoms with Crippen molar-refractivity contribution in [2.24, 2.45) is 7.05 Å². The molecule has 0 spiro atoms. The molecule has 2 aromatic heterocycles. The molecule has 0 bridgehead atoms. The number of nitrogens with zero attached hydrogens (tertiary/aromatic N) is 6. The lowest BCUT2D eigenvalue weighted by Gasteiger charge is -2.13. The Morgan fingerprint density at radius 2 is 2.05 bits per heavy atom. The minimum absolute atomic E-state index is 0.0968. The van der Waals surface area contributed by atoms with Crippen LogP contribution in [0.4, 0.5) is 11.9 Å². The summed E-state index contributed by atoms with van der Waals surface area (Å²) in [6, 6.07) is -0.0968. The Morgan fingerprint density at radius 3 is 2.68 bits per heavy atom. The van der Waals surface area contributed by atoms with E-state index in [1.807, 2.05) is 25.5 Å². The third-order valence-corrected chi connectivity index (χ3v) is 2.59. The molecule has 0 aromatic carbocycles. The largest absolute Gasteiger partial charge is 0.354 e. The standard InChI is InChI=1S/C10H15ClN8/c1-4-12-9-15-8(11)16-10(17-9)14-6(2)7-18-13-5-19(7)3/h5-6H,4H2,1-3H3,(H2,12,14,15,16,17). The maximum absolute atomic E-state index is 5.85. The van der Waals surface area contributed by atoms with Crippen LogP contribution in [0.3, 0.4) is 0 Å². The van der Waals surface area contributed by atoms with E-state index in [0.717, 1.165) is 5.82 Å². The molecule has 19 heavy (non-hydrogen) atoms. The summed E-state index contributed by atoms with van der Waals surface area (Å²) in [5.41, 5.74) is 0. The number of anilines is 2. The zero-order valence-corrected chi connectivity index (χ0v) is 11.7. The van der Waals surface area contributed by atoms with Crippen molar-refractivity contribution in [3.63, 3.8) is 0 Å². The van der Waals surface area contributed by atoms with Gasteiger partial charge in [-0.25, -0.2) is 0 Å². The normalized spacial score (nSPS) is 12.2. The third-order valence-electron chi connectivity index (χ3n) is 2.42. The number of halogens is 1. The van der Waals surface area contributed by atoms with E-state index in [4.69, 9.17) is 11.6 Å². The molecule has 2 aromatic rings. The van der Waals surface area contributed by atoms with Gasteiger partial charge < -0.3 is 15.2 Å². The Morgan fingerprint density at radius 1 is 1.32 bits per heavy atom. The van der Waals surface area contributed by atoms with Gasteiger partial charge in [-0.2, -0.15) is 15.0 Å². The average Bonchev–Trinajstić information content (AvgIpc) is 2.75. The summed E-state index contributed by atoms with van der Waals surface area (Å²) in [6.45, 7) is 4.60. The topological polar surface area (TPSA) is 93.4 Å². The van der Waals surface area contributed by atoms with Crippen LogP contribution in [0.2, 0.25) is 5.28 Å². The van der Waals surface area contributed by atoms with E-state index in [1.54, 1.807) is 6.33 Å². The highest BCUT2D eigenvalue weighted by Gasteiger charge is 2.13. The summed E-state index contributed by atoms with van der Waals surface area (Å²) >= 11 is 5.85. The maximum Gasteiger partial charge on any atom is 0.229 e. The number of hydrogen-bond donors (Lipinski definition) is 2. The Bertz CT molecular complexity index is 554. The summed E-state index contributed by atoms with van der Waals surface area (Å²) in [5.74, 6) is 1.61. The number of rotatable bonds is 5. The van der Waals surface area contributed by atoms with E-state index >= 15 is 0 Å². The second-order valence-electron chi connectivity index (χ2n) is 3.95. The second kappa shape index (κ2) is 5.79. The number of aryl methyl sites for hydroxylation is 1. The molecule has 9 heteroatoms. The van der Waals surface area contributed by atoms with Crippen LogP contribution in [0.5, 0.6) is 0 Å². The quantitative estimate of drug-likeness (QED) is 0.852. The molecule has 0 fully saturated rings. The first-order valence-corrected chi connectivity index (χ1v) is 6.23. The molecule has 8 nitrogen and oxygen atoms in total. The minimum Gasteiger partial charge on any atom is -0.354 e. The molecular formula is C10H15ClN8. The number of nitrogens with one attached hydrogen (secondary N) is 2. The zero-order valence-electron chi connectivity index (χ0n) is 10.9. The van der Waals surface area contributed by atoms with Crippen molar-refractivity contribution in [3.8, 4) is 0 Å². The summed E-state index contributed by atoms with van der Waals surface area (Å²) in [4.78, 5) is 12.2. The molecule has 0 saturated heterocycles. The van der Waals surface area contributed by atoms with Gasteiger partial charge in [0.1, 0.15) is 6.33 Å². The van der Waals surface area contributed by atoms with Crippen LogP contribution >= 0.6 is 11.6 Å². The Kier molecular flexibility index (Phi) is 4.10. The number of aromatic nitrogens is 6. The van der Waals surface area contributed by atoms with Crippen molar-refractivity contribution in [1.82, 2.24) is 29.7 Å². The van der Waals surface area contributed by atoms with Crippen molar-refractivity contribution < 1.29 is 0 Å². The first-order valence-electron chi connectivity index (χ1n) is 5.86. The Hall–Kier alpha value is -1.96. The van der Waals surface area contributed by atoms with Crippen LogP contribution in [0.15, 0.2) is 6.33 Å². The van der Waals surface area contributed by atoms with E-state index in [0.29, 0.717) is 18.4 Å². The van der Waals surface area contributed by atoms with Gasteiger partial charge in [-0.1, -0.05) is 0 Å². The molecule has 2 N–H and O–H groups in total. The zero-order chi connectivity index (χ0) is 13.8. The first kappa shape index (κ1) is 13.5. The van der Waals surface area contributed by atoms with Crippen LogP contribution in [0, 0.1) is 0 Å². The lowest BCUT2D eigenvalue weighted by Crippen LogP contribution is -2.15. The lowest BCUT2D eigenvalue weighted by molar-refractivity contribution is 0.711. The van der Waals surface area contributed by atoms with Gasteiger partial charge in [0.25, 0.3) is 0 Å². The molecule has 0 aliphatic carbocycles. The smallest absolute Gasteiger partial charge is 0.229 e. The summed E-state index contributed by atoms with van der Waals surface area (Å²) in [6.07, 6.45) is 1.64. The van der Waals surface area contributed by atoms with Gasteiger partial charge in [0.05, 0.1) is 6.04 Å². The van der Waals surface area contributed by atoms with Gasteiger partial charge in [0.2, 0.25) is 17.2 Å². The van der Waals surface area contributed by atoms with Gasteiger partial charge >= 0.3 is 0 Å². The molecule has 2 heterocycles. The van der Waals surface area contributed by atoms with E-state index in [2.05, 4.69) is 35.8 Å². The van der Waals surface area contributed by atoms with E-state index < -0.39 is 0 Å². The molecule has 102 valence electrons. The Labute approximate surface area is 115 Å². The van der Waals surface area contributed by atoms with Gasteiger partial charge in [-0.05, 0) is 25.4 Å². The van der Waals surface area contributed by atoms with Gasteiger partial charge in [-0.15, -0.1) is 10.2 Å². The third kappa shape index (κ3) is 3.28. The van der Waals surface area contributed by atoms with Crippen molar-refractivity contribution in [3.05, 3.63) is 17.4 Å². The molecule has 0 amide bonds. The number of hydrogen-bond acceptors (Lipinski definition) is 7. The maximum atomic E-state index is 5.85. The first-order chi connectivity index (χ1) is 9.10. The van der Waals surface area contributed by atoms with Gasteiger partial charge in [0.15, 0.2) is 5.82 Å². The van der Waals surface area contributed by atoms with Crippen LogP contribution in [0.25, 0.3) is 0 Å². The van der Waals surface area contributed by atoms with E-state index in [-0.39, 0.29) is 11.3 Å². The average molecular weight is 283 g/mol. The van der Waals surface area contributed by atoms with Crippen LogP contribution in [-0.4, -0.2) is 36.3 Å². The minimum atomic E-state index is -0.0968. The summed E-state index contributed by atoms with van der Waals surface area (Å²) in [5, 5.41) is 14.1. The highest BCUT2D eigenvalue weighted by Crippen LogP contribution is 2.16. The molecular weight excluding hydrogens is 268 g/mol. The molecule has 1 unspecified atom stereocenters. The lowest BCUT2D eigenvalue weighted by atomic mass is 10.3. The molecule has 1 atom stereocenters. The van der Waals surface area contributed by atoms with Gasteiger partial charge in [-0.3, -0.25) is 0 Å². The van der Waals surface area contributed by atoms with Crippen molar-refractivity contribution >= 4 is 23.5 Å².